The van der Waals surface area contributed by atoms with Crippen LogP contribution in [0.25, 0.3) is 0 Å². The third-order valence-corrected chi connectivity index (χ3v) is 5.78. The Kier molecular flexibility index (Phi) is 7.68. The van der Waals surface area contributed by atoms with E-state index in [-0.39, 0.29) is 0 Å². The molecule has 0 saturated carbocycles. The summed E-state index contributed by atoms with van der Waals surface area (Å²) in [6, 6.07) is 32.9. The van der Waals surface area contributed by atoms with Gasteiger partial charge in [0.25, 0.3) is 0 Å². The van der Waals surface area contributed by atoms with E-state index in [0.29, 0.717) is 23.2 Å². The summed E-state index contributed by atoms with van der Waals surface area (Å²) in [6.07, 6.45) is 2.34. The number of amides is 1. The Balaban J connectivity index is 1.42. The molecule has 1 atom stereocenters. The van der Waals surface area contributed by atoms with Crippen LogP contribution in [0, 0.1) is 0 Å². The third-order valence-electron chi connectivity index (χ3n) is 5.78. The Morgan fingerprint density at radius 3 is 1.91 bits per heavy atom. The fourth-order valence-corrected chi connectivity index (χ4v) is 3.87. The number of hydrogen-bond donors (Lipinski definition) is 1. The molecule has 3 aromatic carbocycles. The summed E-state index contributed by atoms with van der Waals surface area (Å²) in [4.78, 5) is 17.8. The quantitative estimate of drug-likeness (QED) is 0.340. The van der Waals surface area contributed by atoms with Crippen LogP contribution in [0.5, 0.6) is 11.6 Å². The first-order valence-electron chi connectivity index (χ1n) is 11.4. The summed E-state index contributed by atoms with van der Waals surface area (Å²) in [6.45, 7) is 4.07. The van der Waals surface area contributed by atoms with Crippen LogP contribution in [-0.4, -0.2) is 21.8 Å². The lowest BCUT2D eigenvalue weighted by Gasteiger charge is -2.29. The molecule has 0 aliphatic heterocycles. The monoisotopic (exact) mass is 451 g/mol. The number of primary amides is 1. The Bertz CT molecular complexity index is 1140. The molecule has 0 aliphatic rings. The molecule has 0 fully saturated rings. The van der Waals surface area contributed by atoms with E-state index in [1.165, 1.54) is 22.9 Å². The van der Waals surface area contributed by atoms with Gasteiger partial charge in [0.15, 0.2) is 0 Å². The van der Waals surface area contributed by atoms with Gasteiger partial charge in [-0.25, -0.2) is 4.98 Å². The zero-order valence-corrected chi connectivity index (χ0v) is 19.3. The van der Waals surface area contributed by atoms with Crippen molar-refractivity contribution in [1.29, 1.82) is 0 Å². The lowest BCUT2D eigenvalue weighted by molar-refractivity contribution is 0.1000. The van der Waals surface area contributed by atoms with E-state index in [9.17, 15) is 4.79 Å². The molecule has 4 rings (SSSR count). The molecule has 34 heavy (non-hydrogen) atoms. The van der Waals surface area contributed by atoms with Gasteiger partial charge < -0.3 is 10.5 Å². The summed E-state index contributed by atoms with van der Waals surface area (Å²) < 4.78 is 5.80. The molecule has 1 amide bonds. The van der Waals surface area contributed by atoms with Crippen LogP contribution in [0.4, 0.5) is 0 Å². The molecular formula is C29H29N3O2. The highest BCUT2D eigenvalue weighted by molar-refractivity contribution is 5.92. The van der Waals surface area contributed by atoms with Crippen LogP contribution in [0.15, 0.2) is 103 Å². The van der Waals surface area contributed by atoms with E-state index in [2.05, 4.69) is 89.6 Å². The van der Waals surface area contributed by atoms with Gasteiger partial charge in [0, 0.05) is 31.4 Å². The molecule has 1 unspecified atom stereocenters. The SMILES string of the molecule is CC(Cc1ccc(Oc2ccc(C(N)=O)cn2)cc1)N(Cc1ccccc1)Cc1ccccc1. The molecular weight excluding hydrogens is 422 g/mol. The normalized spacial score (nSPS) is 11.8. The molecule has 1 aromatic heterocycles. The Morgan fingerprint density at radius 1 is 0.824 bits per heavy atom. The molecule has 0 spiro atoms. The van der Waals surface area contributed by atoms with Gasteiger partial charge >= 0.3 is 0 Å². The lowest BCUT2D eigenvalue weighted by atomic mass is 10.0. The van der Waals surface area contributed by atoms with Gasteiger partial charge in [0.05, 0.1) is 5.56 Å². The van der Waals surface area contributed by atoms with Crippen LogP contribution >= 0.6 is 0 Å². The van der Waals surface area contributed by atoms with Crippen molar-refractivity contribution in [3.8, 4) is 11.6 Å². The van der Waals surface area contributed by atoms with Crippen molar-refractivity contribution in [2.75, 3.05) is 0 Å². The van der Waals surface area contributed by atoms with Crippen LogP contribution in [0.2, 0.25) is 0 Å². The number of rotatable bonds is 10. The number of hydrogen-bond acceptors (Lipinski definition) is 4. The second-order valence-electron chi connectivity index (χ2n) is 8.42. The van der Waals surface area contributed by atoms with E-state index in [1.807, 2.05) is 12.1 Å². The molecule has 0 aliphatic carbocycles. The van der Waals surface area contributed by atoms with E-state index in [0.717, 1.165) is 19.5 Å². The average Bonchev–Trinajstić information content (AvgIpc) is 2.86. The first kappa shape index (κ1) is 23.2. The average molecular weight is 452 g/mol. The van der Waals surface area contributed by atoms with Gasteiger partial charge in [-0.15, -0.1) is 0 Å². The number of carbonyl (C=O) groups is 1. The highest BCUT2D eigenvalue weighted by Crippen LogP contribution is 2.22. The van der Waals surface area contributed by atoms with E-state index in [4.69, 9.17) is 10.5 Å². The maximum atomic E-state index is 11.2. The van der Waals surface area contributed by atoms with Crippen LogP contribution in [-0.2, 0) is 19.5 Å². The van der Waals surface area contributed by atoms with Gasteiger partial charge in [-0.05, 0) is 48.2 Å². The first-order valence-corrected chi connectivity index (χ1v) is 11.4. The predicted octanol–water partition coefficient (Wildman–Crippen LogP) is 5.61. The van der Waals surface area contributed by atoms with Gasteiger partial charge in [-0.2, -0.15) is 0 Å². The predicted molar refractivity (Wildman–Crippen MR) is 135 cm³/mol. The largest absolute Gasteiger partial charge is 0.439 e. The Labute approximate surface area is 200 Å². The van der Waals surface area contributed by atoms with Crippen molar-refractivity contribution in [3.05, 3.63) is 126 Å². The zero-order valence-electron chi connectivity index (χ0n) is 19.3. The minimum absolute atomic E-state index is 0.343. The number of nitrogens with two attached hydrogens (primary N) is 1. The van der Waals surface area contributed by atoms with Gasteiger partial charge in [0.2, 0.25) is 11.8 Å². The van der Waals surface area contributed by atoms with Crippen molar-refractivity contribution in [3.63, 3.8) is 0 Å². The van der Waals surface area contributed by atoms with Gasteiger partial charge in [-0.3, -0.25) is 9.69 Å². The topological polar surface area (TPSA) is 68.5 Å². The minimum Gasteiger partial charge on any atom is -0.439 e. The standard InChI is InChI=1S/C29H29N3O2/c1-22(32(20-24-8-4-2-5-9-24)21-25-10-6-3-7-11-25)18-23-12-15-27(16-13-23)34-28-17-14-26(19-31-28)29(30)33/h2-17,19,22H,18,20-21H2,1H3,(H2,30,33). The summed E-state index contributed by atoms with van der Waals surface area (Å²) in [5.74, 6) is 0.607. The molecule has 5 nitrogen and oxygen atoms in total. The maximum Gasteiger partial charge on any atom is 0.250 e. The van der Waals surface area contributed by atoms with Crippen molar-refractivity contribution < 1.29 is 9.53 Å². The third kappa shape index (κ3) is 6.53. The van der Waals surface area contributed by atoms with E-state index in [1.54, 1.807) is 12.1 Å². The maximum absolute atomic E-state index is 11.2. The molecule has 172 valence electrons. The number of pyridine rings is 1. The van der Waals surface area contributed by atoms with E-state index < -0.39 is 5.91 Å². The van der Waals surface area contributed by atoms with Gasteiger partial charge in [0.1, 0.15) is 5.75 Å². The summed E-state index contributed by atoms with van der Waals surface area (Å²) in [7, 11) is 0. The summed E-state index contributed by atoms with van der Waals surface area (Å²) in [5.41, 5.74) is 9.47. The number of aromatic nitrogens is 1. The second-order valence-corrected chi connectivity index (χ2v) is 8.42. The molecule has 0 saturated heterocycles. The highest BCUT2D eigenvalue weighted by atomic mass is 16.5. The number of benzene rings is 3. The fraction of sp³-hybridized carbons (Fsp3) is 0.172. The molecule has 0 radical (unpaired) electrons. The molecule has 5 heteroatoms. The van der Waals surface area contributed by atoms with Crippen molar-refractivity contribution in [1.82, 2.24) is 9.88 Å². The second kappa shape index (κ2) is 11.3. The van der Waals surface area contributed by atoms with Crippen LogP contribution in [0.1, 0.15) is 34.0 Å². The van der Waals surface area contributed by atoms with Crippen molar-refractivity contribution in [2.24, 2.45) is 5.73 Å². The Hall–Kier alpha value is -3.96. The minimum atomic E-state index is -0.508. The molecule has 1 heterocycles. The number of ether oxygens (including phenoxy) is 1. The van der Waals surface area contributed by atoms with Gasteiger partial charge in [-0.1, -0.05) is 72.8 Å². The molecule has 2 N–H and O–H groups in total. The number of carbonyl (C=O) groups excluding carboxylic acids is 1. The fourth-order valence-electron chi connectivity index (χ4n) is 3.87. The highest BCUT2D eigenvalue weighted by Gasteiger charge is 2.16. The smallest absolute Gasteiger partial charge is 0.250 e. The van der Waals surface area contributed by atoms with Crippen molar-refractivity contribution in [2.45, 2.75) is 32.5 Å². The Morgan fingerprint density at radius 2 is 1.41 bits per heavy atom. The van der Waals surface area contributed by atoms with Crippen LogP contribution in [0.3, 0.4) is 0 Å². The lowest BCUT2D eigenvalue weighted by Crippen LogP contribution is -2.33. The number of nitrogens with zero attached hydrogens (tertiary/aromatic N) is 2. The van der Waals surface area contributed by atoms with Crippen molar-refractivity contribution >= 4 is 5.91 Å². The van der Waals surface area contributed by atoms with E-state index >= 15 is 0 Å². The summed E-state index contributed by atoms with van der Waals surface area (Å²) >= 11 is 0. The molecule has 4 aromatic rings. The van der Waals surface area contributed by atoms with Crippen LogP contribution < -0.4 is 10.5 Å². The first-order chi connectivity index (χ1) is 16.6. The summed E-state index contributed by atoms with van der Waals surface area (Å²) in [5, 5.41) is 0. The zero-order chi connectivity index (χ0) is 23.8. The molecule has 0 bridgehead atoms.